The van der Waals surface area contributed by atoms with Crippen LogP contribution in [0.5, 0.6) is 0 Å². The summed E-state index contributed by atoms with van der Waals surface area (Å²) in [5.74, 6) is 0.152. The molecule has 1 fully saturated rings. The molecule has 0 aromatic heterocycles. The molecule has 1 heterocycles. The summed E-state index contributed by atoms with van der Waals surface area (Å²) in [4.78, 5) is 16.7. The van der Waals surface area contributed by atoms with E-state index in [0.717, 1.165) is 37.2 Å². The molecule has 0 saturated carbocycles. The Balaban J connectivity index is 1.64. The maximum Gasteiger partial charge on any atom is 0.226 e. The highest BCUT2D eigenvalue weighted by molar-refractivity contribution is 5.93. The second-order valence-corrected chi connectivity index (χ2v) is 6.50. The highest BCUT2D eigenvalue weighted by atomic mass is 16.2. The molecule has 3 nitrogen and oxygen atoms in total. The van der Waals surface area contributed by atoms with Crippen molar-refractivity contribution in [2.24, 2.45) is 0 Å². The number of para-hydroxylation sites is 1. The number of amides is 1. The predicted molar refractivity (Wildman–Crippen MR) is 104 cm³/mol. The van der Waals surface area contributed by atoms with E-state index < -0.39 is 6.37 Å². The zero-order valence-corrected chi connectivity index (χ0v) is 14.9. The number of likely N-dealkylation sites (tertiary alicyclic amines) is 1. The van der Waals surface area contributed by atoms with Crippen LogP contribution < -0.4 is 4.90 Å². The first-order chi connectivity index (χ1) is 13.0. The number of rotatable bonds is 6. The van der Waals surface area contributed by atoms with Gasteiger partial charge in [-0.15, -0.1) is 0 Å². The molecule has 0 bridgehead atoms. The number of piperidine rings is 1. The highest BCUT2D eigenvalue weighted by Crippen LogP contribution is 2.24. The lowest BCUT2D eigenvalue weighted by atomic mass is 10.0. The van der Waals surface area contributed by atoms with E-state index in [1.807, 2.05) is 72.5 Å². The van der Waals surface area contributed by atoms with Crippen LogP contribution in [0.4, 0.5) is 5.69 Å². The molecule has 132 valence electrons. The van der Waals surface area contributed by atoms with E-state index in [1.165, 1.54) is 0 Å². The standard InChI is InChI=1S/C22H28N2O/c1-2-22(25)24(20-11-7-4-8-12-20)21-14-17-23(18-15-21)16-13-19-9-5-3-6-10-19/h3-12,21H,2,13-18H2,1H3/i13D2. The predicted octanol–water partition coefficient (Wildman–Crippen LogP) is 4.14. The molecule has 25 heavy (non-hydrogen) atoms. The SMILES string of the molecule is [2H]C([2H])(CN1CCC(N(C(=O)CC)c2ccccc2)CC1)c1ccccc1. The lowest BCUT2D eigenvalue weighted by Gasteiger charge is -2.38. The fraction of sp³-hybridized carbons (Fsp3) is 0.409. The number of carbonyl (C=O) groups excluding carboxylic acids is 1. The van der Waals surface area contributed by atoms with Gasteiger partial charge in [0.25, 0.3) is 0 Å². The summed E-state index contributed by atoms with van der Waals surface area (Å²) < 4.78 is 16.9. The minimum Gasteiger partial charge on any atom is -0.309 e. The lowest BCUT2D eigenvalue weighted by molar-refractivity contribution is -0.119. The van der Waals surface area contributed by atoms with Gasteiger partial charge in [-0.3, -0.25) is 4.79 Å². The van der Waals surface area contributed by atoms with E-state index in [2.05, 4.69) is 4.90 Å². The molecular weight excluding hydrogens is 308 g/mol. The molecule has 1 aliphatic heterocycles. The van der Waals surface area contributed by atoms with E-state index in [0.29, 0.717) is 13.0 Å². The molecule has 3 rings (SSSR count). The van der Waals surface area contributed by atoms with Crippen molar-refractivity contribution in [3.63, 3.8) is 0 Å². The van der Waals surface area contributed by atoms with E-state index in [4.69, 9.17) is 2.74 Å². The topological polar surface area (TPSA) is 23.6 Å². The fourth-order valence-electron chi connectivity index (χ4n) is 3.41. The summed E-state index contributed by atoms with van der Waals surface area (Å²) in [6, 6.07) is 19.4. The Morgan fingerprint density at radius 2 is 1.68 bits per heavy atom. The van der Waals surface area contributed by atoms with Gasteiger partial charge in [0, 0.05) is 40.5 Å². The first kappa shape index (κ1) is 15.2. The molecule has 0 atom stereocenters. The van der Waals surface area contributed by atoms with Crippen LogP contribution in [0.15, 0.2) is 60.7 Å². The van der Waals surface area contributed by atoms with Crippen LogP contribution in [-0.4, -0.2) is 36.5 Å². The smallest absolute Gasteiger partial charge is 0.226 e. The lowest BCUT2D eigenvalue weighted by Crippen LogP contribution is -2.47. The van der Waals surface area contributed by atoms with Crippen molar-refractivity contribution in [2.75, 3.05) is 24.5 Å². The van der Waals surface area contributed by atoms with Crippen LogP contribution in [0.2, 0.25) is 0 Å². The second-order valence-electron chi connectivity index (χ2n) is 6.50. The van der Waals surface area contributed by atoms with Crippen molar-refractivity contribution in [2.45, 2.75) is 38.6 Å². The van der Waals surface area contributed by atoms with Crippen LogP contribution in [0.1, 0.15) is 34.5 Å². The number of hydrogen-bond acceptors (Lipinski definition) is 2. The van der Waals surface area contributed by atoms with Crippen molar-refractivity contribution in [1.29, 1.82) is 0 Å². The molecule has 1 amide bonds. The van der Waals surface area contributed by atoms with Crippen molar-refractivity contribution in [3.8, 4) is 0 Å². The third-order valence-electron chi connectivity index (χ3n) is 4.81. The zero-order valence-electron chi connectivity index (χ0n) is 16.9. The quantitative estimate of drug-likeness (QED) is 0.790. The number of anilines is 1. The number of nitrogens with zero attached hydrogens (tertiary/aromatic N) is 2. The molecule has 0 aliphatic carbocycles. The molecule has 2 aromatic carbocycles. The molecule has 0 radical (unpaired) electrons. The van der Waals surface area contributed by atoms with Gasteiger partial charge >= 0.3 is 0 Å². The van der Waals surface area contributed by atoms with Crippen molar-refractivity contribution >= 4 is 11.6 Å². The van der Waals surface area contributed by atoms with Gasteiger partial charge in [-0.2, -0.15) is 0 Å². The van der Waals surface area contributed by atoms with Gasteiger partial charge in [-0.05, 0) is 36.9 Å². The third kappa shape index (κ3) is 4.70. The number of hydrogen-bond donors (Lipinski definition) is 0. The summed E-state index contributed by atoms with van der Waals surface area (Å²) in [5.41, 5.74) is 1.68. The first-order valence-electron chi connectivity index (χ1n) is 10.2. The summed E-state index contributed by atoms with van der Waals surface area (Å²) >= 11 is 0. The van der Waals surface area contributed by atoms with Gasteiger partial charge < -0.3 is 9.80 Å². The van der Waals surface area contributed by atoms with Crippen molar-refractivity contribution < 1.29 is 7.54 Å². The van der Waals surface area contributed by atoms with Crippen molar-refractivity contribution in [1.82, 2.24) is 4.90 Å². The molecule has 0 N–H and O–H groups in total. The maximum absolute atomic E-state index is 12.6. The van der Waals surface area contributed by atoms with Crippen LogP contribution in [0.3, 0.4) is 0 Å². The van der Waals surface area contributed by atoms with E-state index >= 15 is 0 Å². The van der Waals surface area contributed by atoms with Crippen molar-refractivity contribution in [3.05, 3.63) is 66.2 Å². The van der Waals surface area contributed by atoms with Gasteiger partial charge in [0.15, 0.2) is 0 Å². The normalized spacial score (nSPS) is 17.6. The van der Waals surface area contributed by atoms with Gasteiger partial charge in [-0.1, -0.05) is 55.5 Å². The first-order valence-corrected chi connectivity index (χ1v) is 9.16. The van der Waals surface area contributed by atoms with Gasteiger partial charge in [0.05, 0.1) is 0 Å². The minimum absolute atomic E-state index is 0.152. The molecular formula is C22H28N2O. The third-order valence-corrected chi connectivity index (χ3v) is 4.81. The summed E-state index contributed by atoms with van der Waals surface area (Å²) in [6.45, 7) is 3.90. The summed E-state index contributed by atoms with van der Waals surface area (Å²) in [7, 11) is 0. The molecule has 3 heteroatoms. The van der Waals surface area contributed by atoms with Crippen LogP contribution >= 0.6 is 0 Å². The highest BCUT2D eigenvalue weighted by Gasteiger charge is 2.28. The monoisotopic (exact) mass is 338 g/mol. The minimum atomic E-state index is -1.37. The van der Waals surface area contributed by atoms with Gasteiger partial charge in [0.1, 0.15) is 0 Å². The molecule has 2 aromatic rings. The second kappa shape index (κ2) is 8.82. The Bertz CT molecular complexity index is 728. The average Bonchev–Trinajstić information content (AvgIpc) is 2.70. The average molecular weight is 338 g/mol. The Morgan fingerprint density at radius 1 is 1.08 bits per heavy atom. The van der Waals surface area contributed by atoms with E-state index in [-0.39, 0.29) is 11.9 Å². The van der Waals surface area contributed by atoms with Gasteiger partial charge in [-0.25, -0.2) is 0 Å². The van der Waals surface area contributed by atoms with Gasteiger partial charge in [0.2, 0.25) is 5.91 Å². The zero-order chi connectivity index (χ0) is 19.3. The van der Waals surface area contributed by atoms with E-state index in [9.17, 15) is 4.79 Å². The molecule has 0 spiro atoms. The van der Waals surface area contributed by atoms with E-state index in [1.54, 1.807) is 0 Å². The molecule has 1 saturated heterocycles. The Morgan fingerprint density at radius 3 is 2.28 bits per heavy atom. The van der Waals surface area contributed by atoms with Crippen LogP contribution in [0.25, 0.3) is 0 Å². The Labute approximate surface area is 154 Å². The van der Waals surface area contributed by atoms with Crippen LogP contribution in [0, 0.1) is 0 Å². The Hall–Kier alpha value is -2.13. The molecule has 1 aliphatic rings. The fourth-order valence-corrected chi connectivity index (χ4v) is 3.41. The van der Waals surface area contributed by atoms with Crippen LogP contribution in [-0.2, 0) is 11.2 Å². The largest absolute Gasteiger partial charge is 0.309 e. The summed E-state index contributed by atoms with van der Waals surface area (Å²) in [6.07, 6.45) is 0.856. The maximum atomic E-state index is 12.6. The number of carbonyl (C=O) groups is 1. The number of benzene rings is 2. The summed E-state index contributed by atoms with van der Waals surface area (Å²) in [5, 5.41) is 0. The molecule has 0 unspecified atom stereocenters. The Kier molecular flexibility index (Phi) is 5.34.